The van der Waals surface area contributed by atoms with E-state index in [0.717, 1.165) is 5.69 Å². The number of carboxylic acid groups (broad SMARTS) is 1. The van der Waals surface area contributed by atoms with Gasteiger partial charge in [-0.1, -0.05) is 6.07 Å². The topological polar surface area (TPSA) is 70.5 Å². The summed E-state index contributed by atoms with van der Waals surface area (Å²) in [5.41, 5.74) is 3.84. The summed E-state index contributed by atoms with van der Waals surface area (Å²) in [6.07, 6.45) is 4.73. The minimum atomic E-state index is -0.916. The molecule has 0 unspecified atom stereocenters. The van der Waals surface area contributed by atoms with Crippen molar-refractivity contribution in [3.8, 4) is 0 Å². The fraction of sp³-hybridized carbons (Fsp3) is 0.588. The van der Waals surface area contributed by atoms with Crippen molar-refractivity contribution in [2.45, 2.75) is 52.5 Å². The third-order valence-corrected chi connectivity index (χ3v) is 3.96. The number of Topliss-reactive ketones (excluding diaryl/α,β-unsaturated/α-hetero) is 1. The number of hydrogen-bond acceptors (Lipinski definition) is 4. The summed E-state index contributed by atoms with van der Waals surface area (Å²) < 4.78 is 0. The molecule has 1 saturated heterocycles. The highest BCUT2D eigenvalue weighted by molar-refractivity contribution is 5.80. The number of carboxylic acids is 1. The number of hydrogen-bond donors (Lipinski definition) is 1. The van der Waals surface area contributed by atoms with Gasteiger partial charge in [-0.15, -0.1) is 0 Å². The van der Waals surface area contributed by atoms with Crippen molar-refractivity contribution in [2.24, 2.45) is 0 Å². The Kier molecular flexibility index (Phi) is 7.18. The van der Waals surface area contributed by atoms with Gasteiger partial charge in [-0.25, -0.2) is 0 Å². The van der Waals surface area contributed by atoms with Crippen LogP contribution in [-0.2, 0) is 9.59 Å². The molecule has 0 aromatic carbocycles. The van der Waals surface area contributed by atoms with Crippen LogP contribution in [0.5, 0.6) is 0 Å². The SMILES string of the molecule is CC(=O)CCC(=O)O.Cc1cc([C@@H]2CCCN2C)cnc1C. The van der Waals surface area contributed by atoms with E-state index < -0.39 is 5.97 Å². The number of pyridine rings is 1. The quantitative estimate of drug-likeness (QED) is 0.926. The van der Waals surface area contributed by atoms with Crippen LogP contribution in [0, 0.1) is 13.8 Å². The Morgan fingerprint density at radius 2 is 2.05 bits per heavy atom. The number of ketones is 1. The number of aromatic nitrogens is 1. The third kappa shape index (κ3) is 5.93. The highest BCUT2D eigenvalue weighted by Crippen LogP contribution is 2.30. The highest BCUT2D eigenvalue weighted by atomic mass is 16.4. The number of nitrogens with zero attached hydrogens (tertiary/aromatic N) is 2. The molecule has 1 aliphatic heterocycles. The standard InChI is InChI=1S/C12H18N2.C5H8O3/c1-9-7-11(8-13-10(9)2)12-5-4-6-14(12)3;1-4(6)2-3-5(7)8/h7-8,12H,4-6H2,1-3H3;2-3H2,1H3,(H,7,8)/t12-;/m0./s1. The maximum Gasteiger partial charge on any atom is 0.303 e. The van der Waals surface area contributed by atoms with Crippen molar-refractivity contribution in [3.05, 3.63) is 29.1 Å². The number of carbonyl (C=O) groups is 2. The summed E-state index contributed by atoms with van der Waals surface area (Å²) >= 11 is 0. The van der Waals surface area contributed by atoms with Crippen LogP contribution in [0.15, 0.2) is 12.3 Å². The Balaban J connectivity index is 0.000000261. The number of aryl methyl sites for hydroxylation is 2. The van der Waals surface area contributed by atoms with Gasteiger partial charge in [0, 0.05) is 24.4 Å². The second-order valence-corrected chi connectivity index (χ2v) is 5.91. The van der Waals surface area contributed by atoms with Crippen molar-refractivity contribution < 1.29 is 14.7 Å². The van der Waals surface area contributed by atoms with Crippen molar-refractivity contribution in [2.75, 3.05) is 13.6 Å². The Labute approximate surface area is 132 Å². The molecular formula is C17H26N2O3. The molecule has 0 spiro atoms. The fourth-order valence-corrected chi connectivity index (χ4v) is 2.46. The molecule has 2 heterocycles. The lowest BCUT2D eigenvalue weighted by molar-refractivity contribution is -0.138. The first-order valence-corrected chi connectivity index (χ1v) is 7.66. The molecule has 0 radical (unpaired) electrons. The summed E-state index contributed by atoms with van der Waals surface area (Å²) in [5, 5.41) is 8.01. The van der Waals surface area contributed by atoms with Crippen LogP contribution < -0.4 is 0 Å². The molecule has 1 N–H and O–H groups in total. The molecule has 5 heteroatoms. The second kappa shape index (κ2) is 8.63. The van der Waals surface area contributed by atoms with Crippen molar-refractivity contribution >= 4 is 11.8 Å². The molecule has 122 valence electrons. The van der Waals surface area contributed by atoms with Gasteiger partial charge >= 0.3 is 5.97 Å². The molecule has 22 heavy (non-hydrogen) atoms. The second-order valence-electron chi connectivity index (χ2n) is 5.91. The molecule has 1 fully saturated rings. The highest BCUT2D eigenvalue weighted by Gasteiger charge is 2.22. The molecule has 0 bridgehead atoms. The van der Waals surface area contributed by atoms with Crippen LogP contribution in [0.1, 0.15) is 55.5 Å². The molecular weight excluding hydrogens is 280 g/mol. The monoisotopic (exact) mass is 306 g/mol. The van der Waals surface area contributed by atoms with E-state index in [1.54, 1.807) is 0 Å². The van der Waals surface area contributed by atoms with Crippen LogP contribution in [0.25, 0.3) is 0 Å². The van der Waals surface area contributed by atoms with E-state index in [9.17, 15) is 9.59 Å². The predicted molar refractivity (Wildman–Crippen MR) is 85.9 cm³/mol. The molecule has 1 aromatic rings. The van der Waals surface area contributed by atoms with Gasteiger partial charge in [0.05, 0.1) is 6.42 Å². The minimum absolute atomic E-state index is 0.0463. The average Bonchev–Trinajstić information content (AvgIpc) is 2.87. The Hall–Kier alpha value is -1.75. The summed E-state index contributed by atoms with van der Waals surface area (Å²) in [4.78, 5) is 26.7. The largest absolute Gasteiger partial charge is 0.481 e. The van der Waals surface area contributed by atoms with Crippen LogP contribution in [-0.4, -0.2) is 40.3 Å². The lowest BCUT2D eigenvalue weighted by Gasteiger charge is -2.20. The smallest absolute Gasteiger partial charge is 0.303 e. The first-order chi connectivity index (χ1) is 10.3. The van der Waals surface area contributed by atoms with Crippen molar-refractivity contribution in [3.63, 3.8) is 0 Å². The van der Waals surface area contributed by atoms with Gasteiger partial charge in [-0.3, -0.25) is 14.7 Å². The molecule has 2 rings (SSSR count). The lowest BCUT2D eigenvalue weighted by Crippen LogP contribution is -2.17. The minimum Gasteiger partial charge on any atom is -0.481 e. The number of carbonyl (C=O) groups excluding carboxylic acids is 1. The van der Waals surface area contributed by atoms with Gasteiger partial charge < -0.3 is 9.90 Å². The molecule has 0 aliphatic carbocycles. The van der Waals surface area contributed by atoms with E-state index in [4.69, 9.17) is 5.11 Å². The van der Waals surface area contributed by atoms with Gasteiger partial charge in [0.2, 0.25) is 0 Å². The molecule has 1 atom stereocenters. The van der Waals surface area contributed by atoms with Gasteiger partial charge in [0.25, 0.3) is 0 Å². The van der Waals surface area contributed by atoms with E-state index in [0.29, 0.717) is 6.04 Å². The zero-order valence-corrected chi connectivity index (χ0v) is 13.9. The average molecular weight is 306 g/mol. The van der Waals surface area contributed by atoms with E-state index in [1.165, 1.54) is 37.4 Å². The number of aliphatic carboxylic acids is 1. The third-order valence-electron chi connectivity index (χ3n) is 3.96. The van der Waals surface area contributed by atoms with E-state index in [-0.39, 0.29) is 18.6 Å². The van der Waals surface area contributed by atoms with E-state index in [1.807, 2.05) is 6.20 Å². The molecule has 1 aliphatic rings. The fourth-order valence-electron chi connectivity index (χ4n) is 2.46. The predicted octanol–water partition coefficient (Wildman–Crippen LogP) is 2.91. The Bertz CT molecular complexity index is 515. The maximum atomic E-state index is 10.1. The van der Waals surface area contributed by atoms with Crippen LogP contribution in [0.4, 0.5) is 0 Å². The van der Waals surface area contributed by atoms with Gasteiger partial charge in [-0.05, 0) is 58.3 Å². The first-order valence-electron chi connectivity index (χ1n) is 7.66. The van der Waals surface area contributed by atoms with Gasteiger partial charge in [-0.2, -0.15) is 0 Å². The first kappa shape index (κ1) is 18.3. The summed E-state index contributed by atoms with van der Waals surface area (Å²) in [6.45, 7) is 6.80. The van der Waals surface area contributed by atoms with E-state index in [2.05, 4.69) is 36.8 Å². The molecule has 1 aromatic heterocycles. The van der Waals surface area contributed by atoms with Crippen LogP contribution >= 0.6 is 0 Å². The Morgan fingerprint density at radius 1 is 1.36 bits per heavy atom. The van der Waals surface area contributed by atoms with Gasteiger partial charge in [0.1, 0.15) is 5.78 Å². The molecule has 0 amide bonds. The van der Waals surface area contributed by atoms with E-state index >= 15 is 0 Å². The molecule has 5 nitrogen and oxygen atoms in total. The molecule has 0 saturated carbocycles. The van der Waals surface area contributed by atoms with Crippen molar-refractivity contribution in [1.82, 2.24) is 9.88 Å². The summed E-state index contributed by atoms with van der Waals surface area (Å²) in [5.74, 6) is -0.993. The zero-order valence-electron chi connectivity index (χ0n) is 13.9. The normalized spacial score (nSPS) is 17.7. The maximum absolute atomic E-state index is 10.1. The van der Waals surface area contributed by atoms with Crippen molar-refractivity contribution in [1.29, 1.82) is 0 Å². The number of likely N-dealkylation sites (tertiary alicyclic amines) is 1. The zero-order chi connectivity index (χ0) is 16.7. The summed E-state index contributed by atoms with van der Waals surface area (Å²) in [7, 11) is 2.20. The summed E-state index contributed by atoms with van der Waals surface area (Å²) in [6, 6.07) is 2.89. The Morgan fingerprint density at radius 3 is 2.45 bits per heavy atom. The lowest BCUT2D eigenvalue weighted by atomic mass is 10.0. The number of rotatable bonds is 4. The van der Waals surface area contributed by atoms with Crippen LogP contribution in [0.2, 0.25) is 0 Å². The van der Waals surface area contributed by atoms with Crippen LogP contribution in [0.3, 0.4) is 0 Å². The van der Waals surface area contributed by atoms with Gasteiger partial charge in [0.15, 0.2) is 0 Å².